The zero-order valence-electron chi connectivity index (χ0n) is 7.29. The lowest BCUT2D eigenvalue weighted by atomic mass is 9.84. The van der Waals surface area contributed by atoms with Crippen LogP contribution in [-0.4, -0.2) is 5.91 Å². The van der Waals surface area contributed by atoms with Crippen LogP contribution in [0, 0.1) is 5.92 Å². The van der Waals surface area contributed by atoms with E-state index in [4.69, 9.17) is 0 Å². The summed E-state index contributed by atoms with van der Waals surface area (Å²) >= 11 is 0. The molecule has 3 rings (SSSR count). The number of hydrogen-bond acceptors (Lipinski definition) is 1. The fraction of sp³-hybridized carbons (Fsp3) is 0.364. The van der Waals surface area contributed by atoms with Crippen LogP contribution < -0.4 is 5.32 Å². The van der Waals surface area contributed by atoms with Gasteiger partial charge < -0.3 is 5.32 Å². The summed E-state index contributed by atoms with van der Waals surface area (Å²) in [5.41, 5.74) is 2.67. The Bertz CT molecular complexity index is 372. The molecule has 66 valence electrons. The van der Waals surface area contributed by atoms with Crippen molar-refractivity contribution >= 4 is 5.91 Å². The molecule has 1 amide bonds. The normalized spacial score (nSPS) is 29.7. The molecule has 0 saturated carbocycles. The summed E-state index contributed by atoms with van der Waals surface area (Å²) in [6.07, 6.45) is 1.92. The van der Waals surface area contributed by atoms with Crippen molar-refractivity contribution in [2.45, 2.75) is 18.9 Å². The molecule has 1 aliphatic carbocycles. The summed E-state index contributed by atoms with van der Waals surface area (Å²) < 4.78 is 0. The van der Waals surface area contributed by atoms with Crippen LogP contribution in [0.15, 0.2) is 24.3 Å². The molecule has 2 atom stereocenters. The van der Waals surface area contributed by atoms with Gasteiger partial charge in [-0.15, -0.1) is 0 Å². The SMILES string of the molecule is O=C1NC2CC1Cc1ccccc12. The summed E-state index contributed by atoms with van der Waals surface area (Å²) in [4.78, 5) is 11.4. The van der Waals surface area contributed by atoms with Crippen LogP contribution in [0.5, 0.6) is 0 Å². The van der Waals surface area contributed by atoms with Gasteiger partial charge in [-0.1, -0.05) is 24.3 Å². The van der Waals surface area contributed by atoms with E-state index in [2.05, 4.69) is 17.4 Å². The lowest BCUT2D eigenvalue weighted by Crippen LogP contribution is -2.19. The molecule has 13 heavy (non-hydrogen) atoms. The van der Waals surface area contributed by atoms with Crippen molar-refractivity contribution in [2.24, 2.45) is 5.92 Å². The van der Waals surface area contributed by atoms with Crippen LogP contribution >= 0.6 is 0 Å². The third kappa shape index (κ3) is 0.916. The van der Waals surface area contributed by atoms with E-state index in [1.165, 1.54) is 11.1 Å². The van der Waals surface area contributed by atoms with E-state index in [0.29, 0.717) is 6.04 Å². The minimum Gasteiger partial charge on any atom is -0.349 e. The number of carbonyl (C=O) groups is 1. The minimum absolute atomic E-state index is 0.236. The molecular weight excluding hydrogens is 162 g/mol. The van der Waals surface area contributed by atoms with Crippen LogP contribution in [0.2, 0.25) is 0 Å². The number of benzene rings is 1. The van der Waals surface area contributed by atoms with Gasteiger partial charge in [0.15, 0.2) is 0 Å². The van der Waals surface area contributed by atoms with E-state index in [-0.39, 0.29) is 11.8 Å². The fourth-order valence-electron chi connectivity index (χ4n) is 2.45. The third-order valence-electron chi connectivity index (χ3n) is 3.10. The van der Waals surface area contributed by atoms with E-state index in [0.717, 1.165) is 12.8 Å². The van der Waals surface area contributed by atoms with E-state index in [1.54, 1.807) is 0 Å². The molecule has 0 radical (unpaired) electrons. The van der Waals surface area contributed by atoms with Gasteiger partial charge in [0.2, 0.25) is 5.91 Å². The predicted molar refractivity (Wildman–Crippen MR) is 49.1 cm³/mol. The third-order valence-corrected chi connectivity index (χ3v) is 3.10. The first-order valence-corrected chi connectivity index (χ1v) is 4.73. The monoisotopic (exact) mass is 173 g/mol. The van der Waals surface area contributed by atoms with Gasteiger partial charge in [0.1, 0.15) is 0 Å². The molecule has 0 spiro atoms. The number of rotatable bonds is 0. The van der Waals surface area contributed by atoms with E-state index in [9.17, 15) is 4.79 Å². The summed E-state index contributed by atoms with van der Waals surface area (Å²) in [7, 11) is 0. The second-order valence-corrected chi connectivity index (χ2v) is 3.90. The van der Waals surface area contributed by atoms with Gasteiger partial charge in [-0.3, -0.25) is 4.79 Å². The topological polar surface area (TPSA) is 29.1 Å². The Morgan fingerprint density at radius 1 is 1.31 bits per heavy atom. The van der Waals surface area contributed by atoms with Crippen LogP contribution in [0.25, 0.3) is 0 Å². The number of carbonyl (C=O) groups excluding carboxylic acids is 1. The Kier molecular flexibility index (Phi) is 1.29. The first-order valence-electron chi connectivity index (χ1n) is 4.73. The fourth-order valence-corrected chi connectivity index (χ4v) is 2.45. The quantitative estimate of drug-likeness (QED) is 0.631. The van der Waals surface area contributed by atoms with Crippen molar-refractivity contribution in [3.63, 3.8) is 0 Å². The summed E-state index contributed by atoms with van der Waals surface area (Å²) in [6, 6.07) is 8.65. The summed E-state index contributed by atoms with van der Waals surface area (Å²) in [5, 5.41) is 3.03. The maximum absolute atomic E-state index is 11.4. The second kappa shape index (κ2) is 2.34. The average molecular weight is 173 g/mol. The Balaban J connectivity index is 2.12. The molecule has 2 heteroatoms. The first kappa shape index (κ1) is 7.13. The minimum atomic E-state index is 0.236. The summed E-state index contributed by atoms with van der Waals surface area (Å²) in [6.45, 7) is 0. The van der Waals surface area contributed by atoms with Gasteiger partial charge in [0.05, 0.1) is 6.04 Å². The molecular formula is C11H11NO. The molecule has 1 aromatic carbocycles. The molecule has 1 fully saturated rings. The number of nitrogens with one attached hydrogen (secondary N) is 1. The van der Waals surface area contributed by atoms with Gasteiger partial charge in [-0.2, -0.15) is 0 Å². The van der Waals surface area contributed by atoms with Crippen molar-refractivity contribution < 1.29 is 4.79 Å². The van der Waals surface area contributed by atoms with Crippen LogP contribution in [0.4, 0.5) is 0 Å². The maximum Gasteiger partial charge on any atom is 0.224 e. The maximum atomic E-state index is 11.4. The first-order chi connectivity index (χ1) is 6.34. The molecule has 2 bridgehead atoms. The standard InChI is InChI=1S/C11H11NO/c13-11-8-5-7-3-1-2-4-9(7)10(6-8)12-11/h1-4,8,10H,5-6H2,(H,12,13). The Hall–Kier alpha value is -1.31. The molecule has 1 aromatic rings. The number of hydrogen-bond donors (Lipinski definition) is 1. The van der Waals surface area contributed by atoms with Gasteiger partial charge in [-0.25, -0.2) is 0 Å². The average Bonchev–Trinajstić information content (AvgIpc) is 2.44. The largest absolute Gasteiger partial charge is 0.349 e. The highest BCUT2D eigenvalue weighted by Gasteiger charge is 2.37. The highest BCUT2D eigenvalue weighted by atomic mass is 16.2. The molecule has 1 N–H and O–H groups in total. The van der Waals surface area contributed by atoms with Crippen molar-refractivity contribution in [3.8, 4) is 0 Å². The van der Waals surface area contributed by atoms with E-state index < -0.39 is 0 Å². The Morgan fingerprint density at radius 3 is 3.08 bits per heavy atom. The molecule has 1 saturated heterocycles. The summed E-state index contributed by atoms with van der Waals surface area (Å²) in [5.74, 6) is 0.473. The van der Waals surface area contributed by atoms with Crippen LogP contribution in [0.1, 0.15) is 23.6 Å². The molecule has 2 aliphatic rings. The van der Waals surface area contributed by atoms with Gasteiger partial charge in [-0.05, 0) is 24.0 Å². The van der Waals surface area contributed by atoms with Gasteiger partial charge >= 0.3 is 0 Å². The lowest BCUT2D eigenvalue weighted by molar-refractivity contribution is -0.122. The van der Waals surface area contributed by atoms with Crippen LogP contribution in [-0.2, 0) is 11.2 Å². The number of amides is 1. The number of fused-ring (bicyclic) bond motifs is 4. The molecule has 2 nitrogen and oxygen atoms in total. The van der Waals surface area contributed by atoms with Gasteiger partial charge in [0, 0.05) is 5.92 Å². The van der Waals surface area contributed by atoms with Gasteiger partial charge in [0.25, 0.3) is 0 Å². The Morgan fingerprint density at radius 2 is 2.15 bits per heavy atom. The van der Waals surface area contributed by atoms with E-state index >= 15 is 0 Å². The zero-order chi connectivity index (χ0) is 8.84. The highest BCUT2D eigenvalue weighted by molar-refractivity contribution is 5.83. The van der Waals surface area contributed by atoms with Crippen molar-refractivity contribution in [3.05, 3.63) is 35.4 Å². The van der Waals surface area contributed by atoms with E-state index in [1.807, 2.05) is 12.1 Å². The Labute approximate surface area is 77.0 Å². The molecule has 1 aliphatic heterocycles. The highest BCUT2D eigenvalue weighted by Crippen LogP contribution is 2.37. The van der Waals surface area contributed by atoms with Crippen molar-refractivity contribution in [2.75, 3.05) is 0 Å². The molecule has 1 heterocycles. The second-order valence-electron chi connectivity index (χ2n) is 3.90. The van der Waals surface area contributed by atoms with Crippen LogP contribution in [0.3, 0.4) is 0 Å². The lowest BCUT2D eigenvalue weighted by Gasteiger charge is -2.20. The predicted octanol–water partition coefficient (Wildman–Crippen LogP) is 1.42. The smallest absolute Gasteiger partial charge is 0.224 e. The molecule has 0 aromatic heterocycles. The van der Waals surface area contributed by atoms with Crippen molar-refractivity contribution in [1.29, 1.82) is 0 Å². The van der Waals surface area contributed by atoms with Crippen molar-refractivity contribution in [1.82, 2.24) is 5.32 Å². The molecule has 2 unspecified atom stereocenters. The zero-order valence-corrected chi connectivity index (χ0v) is 7.29.